The van der Waals surface area contributed by atoms with Gasteiger partial charge in [-0.1, -0.05) is 45.8 Å². The van der Waals surface area contributed by atoms with E-state index in [1.54, 1.807) is 0 Å². The largest absolute Gasteiger partial charge is 0.326 e. The van der Waals surface area contributed by atoms with Crippen molar-refractivity contribution in [3.8, 4) is 0 Å². The third-order valence-electron chi connectivity index (χ3n) is 3.16. The number of halogens is 1. The first kappa shape index (κ1) is 14.8. The zero-order valence-corrected chi connectivity index (χ0v) is 13.3. The van der Waals surface area contributed by atoms with Gasteiger partial charge in [0.25, 0.3) is 0 Å². The molecule has 2 nitrogen and oxygen atoms in total. The lowest BCUT2D eigenvalue weighted by Crippen LogP contribution is -2.12. The normalized spacial score (nSPS) is 10.3. The number of carbonyl (C=O) groups excluding carboxylic acids is 1. The molecule has 104 valence electrons. The summed E-state index contributed by atoms with van der Waals surface area (Å²) in [4.78, 5) is 11.9. The van der Waals surface area contributed by atoms with E-state index in [9.17, 15) is 4.79 Å². The summed E-state index contributed by atoms with van der Waals surface area (Å²) in [5.41, 5.74) is 4.39. The van der Waals surface area contributed by atoms with Gasteiger partial charge < -0.3 is 5.32 Å². The Morgan fingerprint density at radius 3 is 2.65 bits per heavy atom. The van der Waals surface area contributed by atoms with Crippen LogP contribution in [-0.4, -0.2) is 5.91 Å². The van der Waals surface area contributed by atoms with Gasteiger partial charge in [0.2, 0.25) is 5.91 Å². The fourth-order valence-corrected chi connectivity index (χ4v) is 2.32. The Bertz CT molecular complexity index is 622. The first-order valence-corrected chi connectivity index (χ1v) is 7.45. The minimum atomic E-state index is 0.0493. The Morgan fingerprint density at radius 2 is 1.95 bits per heavy atom. The topological polar surface area (TPSA) is 29.1 Å². The van der Waals surface area contributed by atoms with Gasteiger partial charge in [0.05, 0.1) is 0 Å². The maximum Gasteiger partial charge on any atom is 0.224 e. The molecule has 0 saturated carbocycles. The van der Waals surface area contributed by atoms with Crippen molar-refractivity contribution in [3.05, 3.63) is 63.6 Å². The molecule has 3 heteroatoms. The summed E-state index contributed by atoms with van der Waals surface area (Å²) in [6.07, 6.45) is 1.27. The fraction of sp³-hybridized carbons (Fsp3) is 0.235. The van der Waals surface area contributed by atoms with E-state index < -0.39 is 0 Å². The highest BCUT2D eigenvalue weighted by Gasteiger charge is 2.04. The van der Waals surface area contributed by atoms with Gasteiger partial charge in [-0.15, -0.1) is 0 Å². The highest BCUT2D eigenvalue weighted by molar-refractivity contribution is 9.10. The number of hydrogen-bond acceptors (Lipinski definition) is 1. The summed E-state index contributed by atoms with van der Waals surface area (Å²) in [6, 6.07) is 14.1. The van der Waals surface area contributed by atoms with Crippen molar-refractivity contribution in [2.24, 2.45) is 0 Å². The van der Waals surface area contributed by atoms with E-state index in [2.05, 4.69) is 46.4 Å². The van der Waals surface area contributed by atoms with E-state index in [0.29, 0.717) is 6.42 Å². The predicted molar refractivity (Wildman–Crippen MR) is 87.0 cm³/mol. The molecule has 0 aliphatic heterocycles. The molecule has 0 atom stereocenters. The number of nitrogens with one attached hydrogen (secondary N) is 1. The zero-order chi connectivity index (χ0) is 14.5. The van der Waals surface area contributed by atoms with Crippen LogP contribution in [0.15, 0.2) is 46.9 Å². The second-order valence-electron chi connectivity index (χ2n) is 5.00. The Morgan fingerprint density at radius 1 is 1.15 bits per heavy atom. The van der Waals surface area contributed by atoms with E-state index in [-0.39, 0.29) is 5.91 Å². The van der Waals surface area contributed by atoms with Gasteiger partial charge in [-0.2, -0.15) is 0 Å². The maximum atomic E-state index is 11.9. The van der Waals surface area contributed by atoms with Gasteiger partial charge in [-0.3, -0.25) is 4.79 Å². The standard InChI is InChI=1S/C17H18BrNO/c1-12-4-3-5-14(10-12)6-9-17(20)19-15-7-8-16(18)13(2)11-15/h3-5,7-8,10-11H,6,9H2,1-2H3,(H,19,20). The van der Waals surface area contributed by atoms with Crippen molar-refractivity contribution in [1.29, 1.82) is 0 Å². The lowest BCUT2D eigenvalue weighted by molar-refractivity contribution is -0.116. The number of anilines is 1. The van der Waals surface area contributed by atoms with E-state index in [1.165, 1.54) is 11.1 Å². The van der Waals surface area contributed by atoms with Gasteiger partial charge >= 0.3 is 0 Å². The highest BCUT2D eigenvalue weighted by atomic mass is 79.9. The van der Waals surface area contributed by atoms with Crippen molar-refractivity contribution in [2.45, 2.75) is 26.7 Å². The SMILES string of the molecule is Cc1cccc(CCC(=O)Nc2ccc(Br)c(C)c2)c1. The zero-order valence-electron chi connectivity index (χ0n) is 11.7. The van der Waals surface area contributed by atoms with Gasteiger partial charge in [0.1, 0.15) is 0 Å². The Kier molecular flexibility index (Phi) is 4.96. The van der Waals surface area contributed by atoms with Crippen LogP contribution in [0.4, 0.5) is 5.69 Å². The van der Waals surface area contributed by atoms with Crippen LogP contribution in [0.25, 0.3) is 0 Å². The van der Waals surface area contributed by atoms with Crippen LogP contribution in [0, 0.1) is 13.8 Å². The summed E-state index contributed by atoms with van der Waals surface area (Å²) in [7, 11) is 0. The quantitative estimate of drug-likeness (QED) is 0.868. The van der Waals surface area contributed by atoms with E-state index in [1.807, 2.05) is 31.2 Å². The summed E-state index contributed by atoms with van der Waals surface area (Å²) in [5.74, 6) is 0.0493. The molecule has 0 aliphatic rings. The number of benzene rings is 2. The van der Waals surface area contributed by atoms with Crippen LogP contribution in [0.3, 0.4) is 0 Å². The van der Waals surface area contributed by atoms with Crippen molar-refractivity contribution < 1.29 is 4.79 Å². The molecule has 2 aromatic carbocycles. The number of carbonyl (C=O) groups is 1. The number of hydrogen-bond donors (Lipinski definition) is 1. The van der Waals surface area contributed by atoms with Gasteiger partial charge in [0, 0.05) is 16.6 Å². The number of rotatable bonds is 4. The van der Waals surface area contributed by atoms with E-state index in [0.717, 1.165) is 22.1 Å². The van der Waals surface area contributed by atoms with E-state index in [4.69, 9.17) is 0 Å². The molecule has 0 aromatic heterocycles. The molecule has 0 heterocycles. The first-order chi connectivity index (χ1) is 9.54. The van der Waals surface area contributed by atoms with Crippen molar-refractivity contribution in [3.63, 3.8) is 0 Å². The Balaban J connectivity index is 1.91. The van der Waals surface area contributed by atoms with Crippen molar-refractivity contribution in [1.82, 2.24) is 0 Å². The molecule has 0 fully saturated rings. The van der Waals surface area contributed by atoms with Crippen LogP contribution in [0.2, 0.25) is 0 Å². The maximum absolute atomic E-state index is 11.9. The summed E-state index contributed by atoms with van der Waals surface area (Å²) < 4.78 is 1.05. The molecule has 0 bridgehead atoms. The molecule has 0 radical (unpaired) electrons. The summed E-state index contributed by atoms with van der Waals surface area (Å²) in [6.45, 7) is 4.07. The molecule has 0 saturated heterocycles. The molecule has 2 aromatic rings. The summed E-state index contributed by atoms with van der Waals surface area (Å²) >= 11 is 3.45. The van der Waals surface area contributed by atoms with Crippen molar-refractivity contribution >= 4 is 27.5 Å². The Labute approximate surface area is 128 Å². The lowest BCUT2D eigenvalue weighted by Gasteiger charge is -2.07. The third-order valence-corrected chi connectivity index (χ3v) is 4.05. The van der Waals surface area contributed by atoms with Crippen LogP contribution < -0.4 is 5.32 Å². The molecule has 0 aliphatic carbocycles. The average molecular weight is 332 g/mol. The van der Waals surface area contributed by atoms with Gasteiger partial charge in [0.15, 0.2) is 0 Å². The Hall–Kier alpha value is -1.61. The molecular formula is C17H18BrNO. The minimum absolute atomic E-state index is 0.0493. The van der Waals surface area contributed by atoms with Gasteiger partial charge in [-0.25, -0.2) is 0 Å². The highest BCUT2D eigenvalue weighted by Crippen LogP contribution is 2.20. The molecule has 1 amide bonds. The molecule has 0 unspecified atom stereocenters. The van der Waals surface area contributed by atoms with Crippen LogP contribution in [-0.2, 0) is 11.2 Å². The minimum Gasteiger partial charge on any atom is -0.326 e. The molecule has 20 heavy (non-hydrogen) atoms. The van der Waals surface area contributed by atoms with Crippen LogP contribution in [0.1, 0.15) is 23.1 Å². The number of aryl methyl sites for hydroxylation is 3. The average Bonchev–Trinajstić information content (AvgIpc) is 2.41. The van der Waals surface area contributed by atoms with Gasteiger partial charge in [-0.05, 0) is 49.6 Å². The second-order valence-corrected chi connectivity index (χ2v) is 5.86. The number of amides is 1. The third kappa shape index (κ3) is 4.20. The van der Waals surface area contributed by atoms with E-state index >= 15 is 0 Å². The predicted octanol–water partition coefficient (Wildman–Crippen LogP) is 4.64. The monoisotopic (exact) mass is 331 g/mol. The van der Waals surface area contributed by atoms with Crippen LogP contribution in [0.5, 0.6) is 0 Å². The second kappa shape index (κ2) is 6.71. The summed E-state index contributed by atoms with van der Waals surface area (Å²) in [5, 5.41) is 2.94. The van der Waals surface area contributed by atoms with Crippen molar-refractivity contribution in [2.75, 3.05) is 5.32 Å². The molecular weight excluding hydrogens is 314 g/mol. The molecule has 0 spiro atoms. The van der Waals surface area contributed by atoms with Crippen LogP contribution >= 0.6 is 15.9 Å². The molecule has 2 rings (SSSR count). The lowest BCUT2D eigenvalue weighted by atomic mass is 10.1. The first-order valence-electron chi connectivity index (χ1n) is 6.66. The smallest absolute Gasteiger partial charge is 0.224 e. The molecule has 1 N–H and O–H groups in total. The fourth-order valence-electron chi connectivity index (χ4n) is 2.07.